The average molecular weight is 328 g/mol. The molecule has 4 nitrogen and oxygen atoms in total. The fourth-order valence-electron chi connectivity index (χ4n) is 3.00. The minimum absolute atomic E-state index is 0.0427. The van der Waals surface area contributed by atoms with E-state index in [1.165, 1.54) is 12.1 Å². The van der Waals surface area contributed by atoms with E-state index < -0.39 is 11.7 Å². The van der Waals surface area contributed by atoms with E-state index in [1.807, 2.05) is 9.80 Å². The highest BCUT2D eigenvalue weighted by molar-refractivity contribution is 5.80. The molecule has 1 aromatic carbocycles. The van der Waals surface area contributed by atoms with Gasteiger partial charge in [0.15, 0.2) is 0 Å². The lowest BCUT2D eigenvalue weighted by Gasteiger charge is -2.41. The van der Waals surface area contributed by atoms with Crippen LogP contribution in [0.2, 0.25) is 0 Å². The number of hydrogen-bond donors (Lipinski definition) is 0. The van der Waals surface area contributed by atoms with Crippen molar-refractivity contribution < 1.29 is 22.7 Å². The highest BCUT2D eigenvalue weighted by Gasteiger charge is 2.36. The summed E-state index contributed by atoms with van der Waals surface area (Å²) in [5, 5.41) is 0. The van der Waals surface area contributed by atoms with Crippen LogP contribution in [-0.4, -0.2) is 55.1 Å². The van der Waals surface area contributed by atoms with Gasteiger partial charge < -0.3 is 9.64 Å². The molecule has 0 radical (unpaired) electrons. The molecule has 1 amide bonds. The number of halogens is 3. The summed E-state index contributed by atoms with van der Waals surface area (Å²) in [6.45, 7) is 4.06. The molecular weight excluding hydrogens is 309 g/mol. The van der Waals surface area contributed by atoms with Crippen molar-refractivity contribution >= 4 is 5.91 Å². The van der Waals surface area contributed by atoms with Crippen molar-refractivity contribution in [2.45, 2.75) is 12.7 Å². The molecule has 23 heavy (non-hydrogen) atoms. The molecule has 2 saturated heterocycles. The predicted octanol–water partition coefficient (Wildman–Crippen LogP) is 2.00. The third-order valence-electron chi connectivity index (χ3n) is 4.29. The van der Waals surface area contributed by atoms with Crippen LogP contribution < -0.4 is 0 Å². The Morgan fingerprint density at radius 1 is 1.22 bits per heavy atom. The maximum absolute atomic E-state index is 12.7. The van der Waals surface area contributed by atoms with Gasteiger partial charge in [-0.1, -0.05) is 18.2 Å². The number of alkyl halides is 3. The van der Waals surface area contributed by atoms with Crippen LogP contribution in [0.4, 0.5) is 13.2 Å². The second-order valence-corrected chi connectivity index (χ2v) is 6.03. The van der Waals surface area contributed by atoms with E-state index in [0.29, 0.717) is 51.5 Å². The zero-order chi connectivity index (χ0) is 16.4. The minimum atomic E-state index is -4.32. The third-order valence-corrected chi connectivity index (χ3v) is 4.29. The molecule has 0 spiro atoms. The Balaban J connectivity index is 1.51. The summed E-state index contributed by atoms with van der Waals surface area (Å²) in [5.74, 6) is 0.0903. The fraction of sp³-hybridized carbons (Fsp3) is 0.562. The van der Waals surface area contributed by atoms with Gasteiger partial charge in [-0.15, -0.1) is 0 Å². The molecule has 2 heterocycles. The van der Waals surface area contributed by atoms with Gasteiger partial charge in [-0.3, -0.25) is 9.69 Å². The molecule has 3 rings (SSSR count). The minimum Gasteiger partial charge on any atom is -0.378 e. The monoisotopic (exact) mass is 328 g/mol. The third kappa shape index (κ3) is 3.84. The van der Waals surface area contributed by atoms with Gasteiger partial charge in [0.25, 0.3) is 0 Å². The Kier molecular flexibility index (Phi) is 4.59. The van der Waals surface area contributed by atoms with E-state index >= 15 is 0 Å². The van der Waals surface area contributed by atoms with Crippen molar-refractivity contribution in [2.75, 3.05) is 39.4 Å². The second kappa shape index (κ2) is 6.49. The number of morpholine rings is 1. The van der Waals surface area contributed by atoms with E-state index in [1.54, 1.807) is 6.07 Å². The zero-order valence-electron chi connectivity index (χ0n) is 12.7. The van der Waals surface area contributed by atoms with Crippen LogP contribution in [-0.2, 0) is 22.3 Å². The molecule has 0 bridgehead atoms. The number of carbonyl (C=O) groups excluding carboxylic acids is 1. The highest BCUT2D eigenvalue weighted by Crippen LogP contribution is 2.30. The smallest absolute Gasteiger partial charge is 0.378 e. The Labute approximate surface area is 132 Å². The topological polar surface area (TPSA) is 32.8 Å². The summed E-state index contributed by atoms with van der Waals surface area (Å²) >= 11 is 0. The molecule has 0 aromatic heterocycles. The molecule has 2 aliphatic rings. The van der Waals surface area contributed by atoms with E-state index in [9.17, 15) is 18.0 Å². The normalized spacial score (nSPS) is 20.4. The Morgan fingerprint density at radius 3 is 2.57 bits per heavy atom. The van der Waals surface area contributed by atoms with Crippen molar-refractivity contribution in [1.29, 1.82) is 0 Å². The predicted molar refractivity (Wildman–Crippen MR) is 77.6 cm³/mol. The Morgan fingerprint density at radius 2 is 1.91 bits per heavy atom. The number of benzene rings is 1. The maximum Gasteiger partial charge on any atom is 0.416 e. The molecule has 2 fully saturated rings. The largest absolute Gasteiger partial charge is 0.416 e. The standard InChI is InChI=1S/C16H19F3N2O2/c17-16(18,19)14-3-1-2-12(8-14)9-20-10-13(11-20)15(22)21-4-6-23-7-5-21/h1-3,8,13H,4-7,9-11H2. The number of amides is 1. The van der Waals surface area contributed by atoms with Crippen LogP contribution >= 0.6 is 0 Å². The number of likely N-dealkylation sites (tertiary alicyclic amines) is 1. The van der Waals surface area contributed by atoms with Gasteiger partial charge in [-0.05, 0) is 11.6 Å². The Bertz CT molecular complexity index is 565. The van der Waals surface area contributed by atoms with Crippen molar-refractivity contribution in [1.82, 2.24) is 9.80 Å². The van der Waals surface area contributed by atoms with Gasteiger partial charge in [0.2, 0.25) is 5.91 Å². The van der Waals surface area contributed by atoms with Crippen LogP contribution in [0.15, 0.2) is 24.3 Å². The van der Waals surface area contributed by atoms with Gasteiger partial charge in [0.1, 0.15) is 0 Å². The molecule has 7 heteroatoms. The van der Waals surface area contributed by atoms with Crippen molar-refractivity contribution in [2.24, 2.45) is 5.92 Å². The summed E-state index contributed by atoms with van der Waals surface area (Å²) in [6.07, 6.45) is -4.32. The van der Waals surface area contributed by atoms with E-state index in [4.69, 9.17) is 4.74 Å². The summed E-state index contributed by atoms with van der Waals surface area (Å²) in [4.78, 5) is 16.1. The molecule has 1 aromatic rings. The molecule has 2 aliphatic heterocycles. The van der Waals surface area contributed by atoms with Crippen LogP contribution in [0.5, 0.6) is 0 Å². The first-order valence-corrected chi connectivity index (χ1v) is 7.68. The number of ether oxygens (including phenoxy) is 1. The first-order chi connectivity index (χ1) is 10.9. The lowest BCUT2D eigenvalue weighted by Crippen LogP contribution is -2.55. The van der Waals surface area contributed by atoms with Crippen molar-refractivity contribution in [3.63, 3.8) is 0 Å². The Hall–Kier alpha value is -1.60. The van der Waals surface area contributed by atoms with Crippen molar-refractivity contribution in [3.8, 4) is 0 Å². The van der Waals surface area contributed by atoms with Crippen LogP contribution in [0.25, 0.3) is 0 Å². The zero-order valence-corrected chi connectivity index (χ0v) is 12.7. The quantitative estimate of drug-likeness (QED) is 0.851. The van der Waals surface area contributed by atoms with Gasteiger partial charge in [0.05, 0.1) is 24.7 Å². The van der Waals surface area contributed by atoms with Crippen molar-refractivity contribution in [3.05, 3.63) is 35.4 Å². The highest BCUT2D eigenvalue weighted by atomic mass is 19.4. The number of carbonyl (C=O) groups is 1. The number of hydrogen-bond acceptors (Lipinski definition) is 3. The summed E-state index contributed by atoms with van der Waals surface area (Å²) in [7, 11) is 0. The first kappa shape index (κ1) is 16.3. The average Bonchev–Trinajstić information content (AvgIpc) is 2.50. The SMILES string of the molecule is O=C(C1CN(Cc2cccc(C(F)(F)F)c2)C1)N1CCOCC1. The first-order valence-electron chi connectivity index (χ1n) is 7.68. The maximum atomic E-state index is 12.7. The fourth-order valence-corrected chi connectivity index (χ4v) is 3.00. The van der Waals surface area contributed by atoms with Gasteiger partial charge in [-0.25, -0.2) is 0 Å². The number of nitrogens with zero attached hydrogens (tertiary/aromatic N) is 2. The molecule has 0 unspecified atom stereocenters. The number of rotatable bonds is 3. The molecule has 0 atom stereocenters. The van der Waals surface area contributed by atoms with E-state index in [-0.39, 0.29) is 11.8 Å². The molecule has 0 aliphatic carbocycles. The summed E-state index contributed by atoms with van der Waals surface area (Å²) in [5.41, 5.74) is -0.00596. The van der Waals surface area contributed by atoms with Gasteiger partial charge in [0, 0.05) is 32.7 Å². The van der Waals surface area contributed by atoms with E-state index in [0.717, 1.165) is 6.07 Å². The summed E-state index contributed by atoms with van der Waals surface area (Å²) < 4.78 is 43.3. The molecular formula is C16H19F3N2O2. The van der Waals surface area contributed by atoms with Crippen LogP contribution in [0, 0.1) is 5.92 Å². The second-order valence-electron chi connectivity index (χ2n) is 6.03. The molecule has 0 saturated carbocycles. The van der Waals surface area contributed by atoms with Crippen LogP contribution in [0.3, 0.4) is 0 Å². The lowest BCUT2D eigenvalue weighted by molar-refractivity contribution is -0.145. The summed E-state index contributed by atoms with van der Waals surface area (Å²) in [6, 6.07) is 5.36. The molecule has 126 valence electrons. The van der Waals surface area contributed by atoms with Gasteiger partial charge in [-0.2, -0.15) is 13.2 Å². The van der Waals surface area contributed by atoms with Crippen LogP contribution in [0.1, 0.15) is 11.1 Å². The molecule has 0 N–H and O–H groups in total. The van der Waals surface area contributed by atoms with E-state index in [2.05, 4.69) is 0 Å². The lowest BCUT2D eigenvalue weighted by atomic mass is 9.97. The van der Waals surface area contributed by atoms with Gasteiger partial charge >= 0.3 is 6.18 Å².